The Morgan fingerprint density at radius 1 is 1.04 bits per heavy atom. The van der Waals surface area contributed by atoms with E-state index in [9.17, 15) is 20.1 Å². The van der Waals surface area contributed by atoms with Crippen LogP contribution in [0.4, 0.5) is 0 Å². The minimum absolute atomic E-state index is 0.132. The van der Waals surface area contributed by atoms with Gasteiger partial charge in [-0.15, -0.1) is 0 Å². The molecule has 4 nitrogen and oxygen atoms in total. The fourth-order valence-electron chi connectivity index (χ4n) is 8.66. The maximum Gasteiger partial charge on any atom is 0.120 e. The first-order valence-electron chi connectivity index (χ1n) is 11.7. The van der Waals surface area contributed by atoms with Crippen LogP contribution >= 0.6 is 0 Å². The Morgan fingerprint density at radius 3 is 2.50 bits per heavy atom. The molecule has 4 saturated carbocycles. The summed E-state index contributed by atoms with van der Waals surface area (Å²) in [5.74, 6) is 2.22. The van der Waals surface area contributed by atoms with Gasteiger partial charge in [-0.1, -0.05) is 20.8 Å². The highest BCUT2D eigenvalue weighted by Crippen LogP contribution is 2.68. The zero-order valence-electron chi connectivity index (χ0n) is 17.9. The molecule has 0 amide bonds. The van der Waals surface area contributed by atoms with Crippen molar-refractivity contribution >= 4 is 6.29 Å². The molecule has 0 aliphatic heterocycles. The standard InChI is InChI=1S/C24H40O4/c1-14(5-4-10-25)17-6-7-18-22-19(13-21(28)24(17,18)3)23(2)9-8-16(26)11-15(23)12-20(22)27/h10,14-22,26-28H,4-9,11-13H2,1-3H3/t14-,15+,16-,17-,18+,19+,20-,21+,22+,23+,24-/m1/s1. The Hall–Kier alpha value is -0.450. The summed E-state index contributed by atoms with van der Waals surface area (Å²) in [5.41, 5.74) is -0.0194. The van der Waals surface area contributed by atoms with Crippen LogP contribution < -0.4 is 0 Å². The summed E-state index contributed by atoms with van der Waals surface area (Å²) in [4.78, 5) is 10.9. The first kappa shape index (κ1) is 20.8. The van der Waals surface area contributed by atoms with E-state index in [1.807, 2.05) is 0 Å². The van der Waals surface area contributed by atoms with Crippen LogP contribution in [-0.4, -0.2) is 39.9 Å². The molecule has 3 N–H and O–H groups in total. The third kappa shape index (κ3) is 2.93. The van der Waals surface area contributed by atoms with Crippen LogP contribution in [0.2, 0.25) is 0 Å². The lowest BCUT2D eigenvalue weighted by Crippen LogP contribution is -2.62. The van der Waals surface area contributed by atoms with E-state index in [4.69, 9.17) is 0 Å². The van der Waals surface area contributed by atoms with Gasteiger partial charge in [0.05, 0.1) is 18.3 Å². The molecule has 11 atom stereocenters. The van der Waals surface area contributed by atoms with Gasteiger partial charge in [-0.3, -0.25) is 0 Å². The fraction of sp³-hybridized carbons (Fsp3) is 0.958. The SMILES string of the molecule is C[C@H](CCC=O)[C@H]1CC[C@H]2[C@@H]3[C@H](O)C[C@@H]4C[C@H](O)CC[C@]4(C)[C@H]3C[C@H](O)[C@]12C. The topological polar surface area (TPSA) is 77.8 Å². The lowest BCUT2D eigenvalue weighted by Gasteiger charge is -2.63. The highest BCUT2D eigenvalue weighted by atomic mass is 16.3. The van der Waals surface area contributed by atoms with Crippen molar-refractivity contribution < 1.29 is 20.1 Å². The van der Waals surface area contributed by atoms with E-state index < -0.39 is 0 Å². The van der Waals surface area contributed by atoms with Crippen LogP contribution in [0.15, 0.2) is 0 Å². The maximum absolute atomic E-state index is 11.5. The van der Waals surface area contributed by atoms with E-state index in [-0.39, 0.29) is 35.1 Å². The Morgan fingerprint density at radius 2 is 1.79 bits per heavy atom. The molecule has 4 aliphatic carbocycles. The second-order valence-corrected chi connectivity index (χ2v) is 11.2. The Kier molecular flexibility index (Phi) is 5.46. The number of carbonyl (C=O) groups excluding carboxylic acids is 1. The molecule has 0 saturated heterocycles. The van der Waals surface area contributed by atoms with Crippen LogP contribution in [-0.2, 0) is 4.79 Å². The Balaban J connectivity index is 1.63. The third-order valence-electron chi connectivity index (χ3n) is 10.3. The molecule has 0 aromatic heterocycles. The van der Waals surface area contributed by atoms with Crippen LogP contribution in [0.1, 0.15) is 78.6 Å². The predicted octanol–water partition coefficient (Wildman–Crippen LogP) is 3.56. The molecule has 160 valence electrons. The number of hydrogen-bond acceptors (Lipinski definition) is 4. The molecular formula is C24H40O4. The number of hydrogen-bond donors (Lipinski definition) is 3. The summed E-state index contributed by atoms with van der Waals surface area (Å²) in [6, 6.07) is 0. The van der Waals surface area contributed by atoms with Gasteiger partial charge in [0.15, 0.2) is 0 Å². The molecule has 0 bridgehead atoms. The number of aliphatic hydroxyl groups is 3. The quantitative estimate of drug-likeness (QED) is 0.639. The van der Waals surface area contributed by atoms with Crippen molar-refractivity contribution in [2.45, 2.75) is 96.9 Å². The molecule has 4 aliphatic rings. The minimum atomic E-state index is -0.334. The van der Waals surface area contributed by atoms with Crippen molar-refractivity contribution in [2.24, 2.45) is 46.3 Å². The summed E-state index contributed by atoms with van der Waals surface area (Å²) in [5, 5.41) is 32.9. The van der Waals surface area contributed by atoms with E-state index in [1.165, 1.54) is 0 Å². The van der Waals surface area contributed by atoms with Gasteiger partial charge < -0.3 is 20.1 Å². The maximum atomic E-state index is 11.5. The molecule has 0 spiro atoms. The zero-order valence-corrected chi connectivity index (χ0v) is 17.9. The van der Waals surface area contributed by atoms with Gasteiger partial charge in [0.25, 0.3) is 0 Å². The molecule has 28 heavy (non-hydrogen) atoms. The van der Waals surface area contributed by atoms with Gasteiger partial charge in [0, 0.05) is 6.42 Å². The number of aldehydes is 1. The van der Waals surface area contributed by atoms with Crippen molar-refractivity contribution in [3.63, 3.8) is 0 Å². The second kappa shape index (κ2) is 7.35. The first-order valence-corrected chi connectivity index (χ1v) is 11.7. The summed E-state index contributed by atoms with van der Waals surface area (Å²) < 4.78 is 0. The van der Waals surface area contributed by atoms with E-state index >= 15 is 0 Å². The predicted molar refractivity (Wildman–Crippen MR) is 108 cm³/mol. The number of carbonyl (C=O) groups is 1. The van der Waals surface area contributed by atoms with E-state index in [1.54, 1.807) is 0 Å². The molecule has 0 aromatic rings. The van der Waals surface area contributed by atoms with E-state index in [0.717, 1.165) is 57.7 Å². The highest BCUT2D eigenvalue weighted by molar-refractivity contribution is 5.49. The summed E-state index contributed by atoms with van der Waals surface area (Å²) in [6.07, 6.45) is 8.11. The average Bonchev–Trinajstić information content (AvgIpc) is 3.01. The van der Waals surface area contributed by atoms with Crippen LogP contribution in [0.25, 0.3) is 0 Å². The first-order chi connectivity index (χ1) is 13.2. The fourth-order valence-corrected chi connectivity index (χ4v) is 8.66. The van der Waals surface area contributed by atoms with Crippen molar-refractivity contribution in [2.75, 3.05) is 0 Å². The van der Waals surface area contributed by atoms with Crippen molar-refractivity contribution in [1.82, 2.24) is 0 Å². The molecule has 0 heterocycles. The van der Waals surface area contributed by atoms with Crippen molar-refractivity contribution in [1.29, 1.82) is 0 Å². The van der Waals surface area contributed by atoms with Gasteiger partial charge in [0.2, 0.25) is 0 Å². The van der Waals surface area contributed by atoms with Gasteiger partial charge in [-0.2, -0.15) is 0 Å². The summed E-state index contributed by atoms with van der Waals surface area (Å²) in [6.45, 7) is 6.90. The number of rotatable bonds is 4. The monoisotopic (exact) mass is 392 g/mol. The lowest BCUT2D eigenvalue weighted by molar-refractivity contribution is -0.207. The lowest BCUT2D eigenvalue weighted by atomic mass is 9.43. The van der Waals surface area contributed by atoms with Gasteiger partial charge >= 0.3 is 0 Å². The summed E-state index contributed by atoms with van der Waals surface area (Å²) in [7, 11) is 0. The molecule has 0 unspecified atom stereocenters. The van der Waals surface area contributed by atoms with Crippen molar-refractivity contribution in [3.05, 3.63) is 0 Å². The van der Waals surface area contributed by atoms with Gasteiger partial charge in [-0.05, 0) is 97.7 Å². The molecule has 4 rings (SSSR count). The van der Waals surface area contributed by atoms with Gasteiger partial charge in [0.1, 0.15) is 6.29 Å². The van der Waals surface area contributed by atoms with Crippen molar-refractivity contribution in [3.8, 4) is 0 Å². The molecule has 0 aromatic carbocycles. The highest BCUT2D eigenvalue weighted by Gasteiger charge is 2.65. The largest absolute Gasteiger partial charge is 0.393 e. The molecule has 4 fully saturated rings. The smallest absolute Gasteiger partial charge is 0.120 e. The van der Waals surface area contributed by atoms with Crippen LogP contribution in [0, 0.1) is 46.3 Å². The number of aliphatic hydroxyl groups excluding tert-OH is 3. The summed E-state index contributed by atoms with van der Waals surface area (Å²) >= 11 is 0. The molecule has 0 radical (unpaired) electrons. The Bertz CT molecular complexity index is 593. The third-order valence-corrected chi connectivity index (χ3v) is 10.3. The zero-order chi connectivity index (χ0) is 20.3. The average molecular weight is 393 g/mol. The van der Waals surface area contributed by atoms with Crippen LogP contribution in [0.5, 0.6) is 0 Å². The molecule has 4 heteroatoms. The Labute approximate surface area is 170 Å². The van der Waals surface area contributed by atoms with E-state index in [0.29, 0.717) is 36.0 Å². The second-order valence-electron chi connectivity index (χ2n) is 11.2. The van der Waals surface area contributed by atoms with Crippen LogP contribution in [0.3, 0.4) is 0 Å². The van der Waals surface area contributed by atoms with Gasteiger partial charge in [-0.25, -0.2) is 0 Å². The molecular weight excluding hydrogens is 352 g/mol. The number of fused-ring (bicyclic) bond motifs is 5. The minimum Gasteiger partial charge on any atom is -0.393 e. The van der Waals surface area contributed by atoms with E-state index in [2.05, 4.69) is 20.8 Å². The normalized spacial score (nSPS) is 54.4.